The lowest BCUT2D eigenvalue weighted by Gasteiger charge is -2.20. The predicted molar refractivity (Wildman–Crippen MR) is 285 cm³/mol. The summed E-state index contributed by atoms with van der Waals surface area (Å²) in [6, 6.07) is -0.634. The van der Waals surface area contributed by atoms with Crippen molar-refractivity contribution in [2.45, 2.75) is 309 Å². The molecule has 0 aliphatic carbocycles. The molecule has 0 radical (unpaired) electrons. The first-order chi connectivity index (χ1) is 31.7. The Bertz CT molecular complexity index is 1060. The molecule has 0 spiro atoms. The van der Waals surface area contributed by atoms with E-state index >= 15 is 0 Å². The van der Waals surface area contributed by atoms with E-state index in [4.69, 9.17) is 0 Å². The molecule has 0 bridgehead atoms. The Labute approximate surface area is 400 Å². The molecule has 0 heterocycles. The molecule has 2 unspecified atom stereocenters. The number of aliphatic hydroxyl groups excluding tert-OH is 2. The van der Waals surface area contributed by atoms with Gasteiger partial charge < -0.3 is 15.5 Å². The summed E-state index contributed by atoms with van der Waals surface area (Å²) >= 11 is 0. The zero-order chi connectivity index (χ0) is 46.3. The monoisotopic (exact) mass is 894 g/mol. The summed E-state index contributed by atoms with van der Waals surface area (Å²) in [6.45, 7) is 4.21. The van der Waals surface area contributed by atoms with Gasteiger partial charge in [-0.3, -0.25) is 4.79 Å². The Hall–Kier alpha value is -1.91. The van der Waals surface area contributed by atoms with Crippen molar-refractivity contribution in [2.24, 2.45) is 0 Å². The molecule has 0 aliphatic heterocycles. The van der Waals surface area contributed by atoms with E-state index in [9.17, 15) is 15.0 Å². The number of allylic oxidation sites excluding steroid dienone is 9. The van der Waals surface area contributed by atoms with E-state index in [0.29, 0.717) is 6.42 Å². The highest BCUT2D eigenvalue weighted by molar-refractivity contribution is 5.76. The van der Waals surface area contributed by atoms with E-state index < -0.39 is 12.1 Å². The summed E-state index contributed by atoms with van der Waals surface area (Å²) in [5, 5.41) is 23.2. The summed E-state index contributed by atoms with van der Waals surface area (Å²) in [6.07, 6.45) is 78.2. The molecule has 1 amide bonds. The SMILES string of the molecule is CC/C=C\C/C=C\C/C=C\C/C=C\CCCCCCCCC(=O)NC(CO)C(O)/C=C/CCCCCCCCCCCCCCCCCCCCCCCCCCCCCCCCC. The van der Waals surface area contributed by atoms with Gasteiger partial charge >= 0.3 is 0 Å². The Balaban J connectivity index is 3.47. The molecule has 2 atom stereocenters. The summed E-state index contributed by atoms with van der Waals surface area (Å²) in [7, 11) is 0. The molecule has 0 aromatic heterocycles. The van der Waals surface area contributed by atoms with E-state index in [2.05, 4.69) is 67.8 Å². The smallest absolute Gasteiger partial charge is 0.220 e. The lowest BCUT2D eigenvalue weighted by atomic mass is 10.0. The van der Waals surface area contributed by atoms with E-state index in [0.717, 1.165) is 64.2 Å². The van der Waals surface area contributed by atoms with Crippen molar-refractivity contribution in [3.05, 3.63) is 60.8 Å². The molecule has 0 saturated carbocycles. The maximum atomic E-state index is 12.4. The van der Waals surface area contributed by atoms with Crippen LogP contribution in [0.25, 0.3) is 0 Å². The van der Waals surface area contributed by atoms with E-state index in [1.54, 1.807) is 6.08 Å². The molecule has 0 aromatic carbocycles. The van der Waals surface area contributed by atoms with Gasteiger partial charge in [0.2, 0.25) is 5.91 Å². The molecule has 4 nitrogen and oxygen atoms in total. The van der Waals surface area contributed by atoms with Crippen molar-refractivity contribution in [2.75, 3.05) is 6.61 Å². The number of aliphatic hydroxyl groups is 2. The van der Waals surface area contributed by atoms with Crippen molar-refractivity contribution in [3.8, 4) is 0 Å². The molecule has 0 saturated heterocycles. The topological polar surface area (TPSA) is 69.6 Å². The highest BCUT2D eigenvalue weighted by atomic mass is 16.3. The predicted octanol–water partition coefficient (Wildman–Crippen LogP) is 18.8. The van der Waals surface area contributed by atoms with Crippen molar-refractivity contribution < 1.29 is 15.0 Å². The van der Waals surface area contributed by atoms with Crippen LogP contribution in [0, 0.1) is 0 Å². The minimum atomic E-state index is -0.849. The van der Waals surface area contributed by atoms with Crippen LogP contribution < -0.4 is 5.32 Å². The second-order valence-corrected chi connectivity index (χ2v) is 19.3. The molecule has 0 aromatic rings. The van der Waals surface area contributed by atoms with Gasteiger partial charge in [0.15, 0.2) is 0 Å². The minimum absolute atomic E-state index is 0.0768. The molecule has 64 heavy (non-hydrogen) atoms. The highest BCUT2D eigenvalue weighted by Crippen LogP contribution is 2.17. The van der Waals surface area contributed by atoms with E-state index in [1.165, 1.54) is 212 Å². The number of hydrogen-bond donors (Lipinski definition) is 3. The van der Waals surface area contributed by atoms with E-state index in [-0.39, 0.29) is 12.5 Å². The molecular weight excluding hydrogens is 783 g/mol. The van der Waals surface area contributed by atoms with Gasteiger partial charge in [-0.1, -0.05) is 293 Å². The Kier molecular flexibility index (Phi) is 53.8. The van der Waals surface area contributed by atoms with Gasteiger partial charge in [-0.25, -0.2) is 0 Å². The molecule has 3 N–H and O–H groups in total. The zero-order valence-electron chi connectivity index (χ0n) is 43.1. The largest absolute Gasteiger partial charge is 0.394 e. The number of rotatable bonds is 52. The number of unbranched alkanes of at least 4 members (excludes halogenated alkanes) is 37. The Morgan fingerprint density at radius 2 is 0.688 bits per heavy atom. The van der Waals surface area contributed by atoms with Crippen molar-refractivity contribution >= 4 is 5.91 Å². The van der Waals surface area contributed by atoms with Crippen molar-refractivity contribution in [1.29, 1.82) is 0 Å². The van der Waals surface area contributed by atoms with Crippen LogP contribution >= 0.6 is 0 Å². The third kappa shape index (κ3) is 51.1. The maximum Gasteiger partial charge on any atom is 0.220 e. The number of nitrogens with one attached hydrogen (secondary N) is 1. The van der Waals surface area contributed by atoms with Crippen LogP contribution in [0.1, 0.15) is 296 Å². The lowest BCUT2D eigenvalue weighted by molar-refractivity contribution is -0.123. The van der Waals surface area contributed by atoms with Crippen LogP contribution in [0.3, 0.4) is 0 Å². The highest BCUT2D eigenvalue weighted by Gasteiger charge is 2.18. The summed E-state index contributed by atoms with van der Waals surface area (Å²) in [5.41, 5.74) is 0. The fraction of sp³-hybridized carbons (Fsp3) is 0.817. The minimum Gasteiger partial charge on any atom is -0.394 e. The average Bonchev–Trinajstić information content (AvgIpc) is 3.30. The number of carbonyl (C=O) groups is 1. The van der Waals surface area contributed by atoms with Gasteiger partial charge in [0.25, 0.3) is 0 Å². The molecule has 0 rings (SSSR count). The Morgan fingerprint density at radius 3 is 1.03 bits per heavy atom. The number of carbonyl (C=O) groups excluding carboxylic acids is 1. The summed E-state index contributed by atoms with van der Waals surface area (Å²) < 4.78 is 0. The summed E-state index contributed by atoms with van der Waals surface area (Å²) in [4.78, 5) is 12.4. The normalized spacial score (nSPS) is 13.2. The van der Waals surface area contributed by atoms with Gasteiger partial charge in [0, 0.05) is 6.42 Å². The molecule has 374 valence electrons. The van der Waals surface area contributed by atoms with Crippen LogP contribution in [0.15, 0.2) is 60.8 Å². The van der Waals surface area contributed by atoms with Gasteiger partial charge in [0.1, 0.15) is 0 Å². The van der Waals surface area contributed by atoms with Crippen LogP contribution in [-0.4, -0.2) is 34.9 Å². The van der Waals surface area contributed by atoms with Gasteiger partial charge in [-0.05, 0) is 57.8 Å². The zero-order valence-corrected chi connectivity index (χ0v) is 43.1. The second-order valence-electron chi connectivity index (χ2n) is 19.3. The fourth-order valence-corrected chi connectivity index (χ4v) is 8.70. The standard InChI is InChI=1S/C60H111NO3/c1-3-5-7-9-11-13-15-17-19-21-23-24-25-26-27-28-29-30-31-32-33-34-35-36-38-39-41-43-45-47-49-51-53-55-59(63)58(57-62)61-60(64)56-54-52-50-48-46-44-42-40-37-22-20-18-16-14-12-10-8-6-4-2/h6,8,12,14,18,20,37,40,53,55,58-59,62-63H,3-5,7,9-11,13,15-17,19,21-36,38-39,41-52,54,56-57H2,1-2H3,(H,61,64)/b8-6-,14-12-,20-18-,40-37-,55-53+. The lowest BCUT2D eigenvalue weighted by Crippen LogP contribution is -2.45. The van der Waals surface area contributed by atoms with Crippen LogP contribution in [0.5, 0.6) is 0 Å². The number of amides is 1. The van der Waals surface area contributed by atoms with Crippen LogP contribution in [-0.2, 0) is 4.79 Å². The second kappa shape index (κ2) is 55.4. The van der Waals surface area contributed by atoms with Gasteiger partial charge in [-0.2, -0.15) is 0 Å². The maximum absolute atomic E-state index is 12.4. The Morgan fingerprint density at radius 1 is 0.391 bits per heavy atom. The van der Waals surface area contributed by atoms with Crippen LogP contribution in [0.4, 0.5) is 0 Å². The fourth-order valence-electron chi connectivity index (χ4n) is 8.70. The molecule has 4 heteroatoms. The van der Waals surface area contributed by atoms with Gasteiger partial charge in [-0.15, -0.1) is 0 Å². The van der Waals surface area contributed by atoms with Crippen LogP contribution in [0.2, 0.25) is 0 Å². The van der Waals surface area contributed by atoms with Gasteiger partial charge in [0.05, 0.1) is 18.8 Å². The third-order valence-corrected chi connectivity index (χ3v) is 13.0. The third-order valence-electron chi connectivity index (χ3n) is 13.0. The quantitative estimate of drug-likeness (QED) is 0.0421. The molecular formula is C60H111NO3. The number of hydrogen-bond acceptors (Lipinski definition) is 3. The first kappa shape index (κ1) is 62.1. The molecule has 0 fully saturated rings. The average molecular weight is 895 g/mol. The summed E-state index contributed by atoms with van der Waals surface area (Å²) in [5.74, 6) is -0.0768. The van der Waals surface area contributed by atoms with Crippen molar-refractivity contribution in [3.63, 3.8) is 0 Å². The van der Waals surface area contributed by atoms with E-state index in [1.807, 2.05) is 6.08 Å². The van der Waals surface area contributed by atoms with Crippen molar-refractivity contribution in [1.82, 2.24) is 5.32 Å². The first-order valence-corrected chi connectivity index (χ1v) is 28.5. The molecule has 0 aliphatic rings. The first-order valence-electron chi connectivity index (χ1n) is 28.5.